The van der Waals surface area contributed by atoms with Gasteiger partial charge in [0.1, 0.15) is 5.76 Å². The van der Waals surface area contributed by atoms with Gasteiger partial charge >= 0.3 is 0 Å². The van der Waals surface area contributed by atoms with Crippen molar-refractivity contribution in [2.45, 2.75) is 58.1 Å². The molecule has 0 N–H and O–H groups in total. The van der Waals surface area contributed by atoms with Crippen LogP contribution < -0.4 is 0 Å². The van der Waals surface area contributed by atoms with Gasteiger partial charge in [0.25, 0.3) is 0 Å². The standard InChI is InChI=1S/C19H25N3O3/c1-13-16(14(2)25-21-13)11-22-9-10-23-19-17(22)3-4-18(19)24-12-15-5-7-20-8-6-15/h5-8,17-19H,3-4,9-12H2,1-2H3/t17-,18-,19+/m1/s1. The topological polar surface area (TPSA) is 60.6 Å². The number of aromatic nitrogens is 2. The van der Waals surface area contributed by atoms with Crippen LogP contribution in [0, 0.1) is 13.8 Å². The number of hydrogen-bond donors (Lipinski definition) is 0. The Labute approximate surface area is 148 Å². The van der Waals surface area contributed by atoms with Crippen LogP contribution in [0.15, 0.2) is 29.0 Å². The van der Waals surface area contributed by atoms with Gasteiger partial charge in [-0.25, -0.2) is 0 Å². The molecule has 25 heavy (non-hydrogen) atoms. The Morgan fingerprint density at radius 1 is 1.24 bits per heavy atom. The molecule has 2 aliphatic rings. The van der Waals surface area contributed by atoms with E-state index in [1.165, 1.54) is 5.56 Å². The van der Waals surface area contributed by atoms with Crippen LogP contribution in [0.3, 0.4) is 0 Å². The summed E-state index contributed by atoms with van der Waals surface area (Å²) in [6, 6.07) is 4.40. The van der Waals surface area contributed by atoms with E-state index >= 15 is 0 Å². The molecule has 2 aromatic rings. The maximum absolute atomic E-state index is 6.18. The number of hydrogen-bond acceptors (Lipinski definition) is 6. The number of ether oxygens (including phenoxy) is 2. The summed E-state index contributed by atoms with van der Waals surface area (Å²) in [5.74, 6) is 0.920. The normalized spacial score (nSPS) is 26.7. The Hall–Kier alpha value is -1.76. The Bertz CT molecular complexity index is 684. The van der Waals surface area contributed by atoms with E-state index in [0.717, 1.165) is 49.6 Å². The fourth-order valence-electron chi connectivity index (χ4n) is 3.98. The molecule has 2 aromatic heterocycles. The Kier molecular flexibility index (Phi) is 4.83. The number of fused-ring (bicyclic) bond motifs is 1. The zero-order valence-electron chi connectivity index (χ0n) is 14.9. The van der Waals surface area contributed by atoms with Crippen LogP contribution in [-0.4, -0.2) is 46.4 Å². The van der Waals surface area contributed by atoms with Gasteiger partial charge in [0.2, 0.25) is 0 Å². The van der Waals surface area contributed by atoms with Crippen LogP contribution in [0.2, 0.25) is 0 Å². The van der Waals surface area contributed by atoms with Gasteiger partial charge < -0.3 is 14.0 Å². The minimum atomic E-state index is 0.149. The second-order valence-electron chi connectivity index (χ2n) is 6.96. The van der Waals surface area contributed by atoms with E-state index in [1.54, 1.807) is 12.4 Å². The third-order valence-electron chi connectivity index (χ3n) is 5.41. The quantitative estimate of drug-likeness (QED) is 0.832. The lowest BCUT2D eigenvalue weighted by atomic mass is 10.1. The molecule has 6 heteroatoms. The molecule has 0 radical (unpaired) electrons. The minimum absolute atomic E-state index is 0.149. The van der Waals surface area contributed by atoms with Crippen LogP contribution in [0.1, 0.15) is 35.4 Å². The Morgan fingerprint density at radius 3 is 2.84 bits per heavy atom. The van der Waals surface area contributed by atoms with Gasteiger partial charge in [-0.2, -0.15) is 0 Å². The lowest BCUT2D eigenvalue weighted by molar-refractivity contribution is -0.118. The van der Waals surface area contributed by atoms with Crippen molar-refractivity contribution >= 4 is 0 Å². The SMILES string of the molecule is Cc1noc(C)c1CN1CCO[C@H]2[C@H]1CC[C@H]2OCc1ccncc1. The van der Waals surface area contributed by atoms with Gasteiger partial charge in [-0.3, -0.25) is 9.88 Å². The van der Waals surface area contributed by atoms with E-state index in [9.17, 15) is 0 Å². The predicted octanol–water partition coefficient (Wildman–Crippen LogP) is 2.64. The highest BCUT2D eigenvalue weighted by atomic mass is 16.5. The summed E-state index contributed by atoms with van der Waals surface area (Å²) in [5.41, 5.74) is 3.35. The van der Waals surface area contributed by atoms with Crippen molar-refractivity contribution in [2.75, 3.05) is 13.2 Å². The molecule has 3 atom stereocenters. The van der Waals surface area contributed by atoms with Gasteiger partial charge in [0, 0.05) is 37.1 Å². The highest BCUT2D eigenvalue weighted by Crippen LogP contribution is 2.34. The molecule has 1 aliphatic carbocycles. The molecule has 4 rings (SSSR count). The second kappa shape index (κ2) is 7.23. The van der Waals surface area contributed by atoms with Crippen molar-refractivity contribution in [1.82, 2.24) is 15.0 Å². The first kappa shape index (κ1) is 16.7. The molecule has 0 amide bonds. The molecule has 1 saturated carbocycles. The molecule has 0 spiro atoms. The van der Waals surface area contributed by atoms with Crippen molar-refractivity contribution in [1.29, 1.82) is 0 Å². The van der Waals surface area contributed by atoms with E-state index in [2.05, 4.69) is 15.0 Å². The molecule has 1 aliphatic heterocycles. The van der Waals surface area contributed by atoms with Crippen molar-refractivity contribution in [3.63, 3.8) is 0 Å². The first-order chi connectivity index (χ1) is 12.2. The summed E-state index contributed by atoms with van der Waals surface area (Å²) in [4.78, 5) is 6.56. The number of morpholine rings is 1. The first-order valence-electron chi connectivity index (χ1n) is 9.00. The summed E-state index contributed by atoms with van der Waals surface area (Å²) < 4.78 is 17.6. The third kappa shape index (κ3) is 3.47. The van der Waals surface area contributed by atoms with Crippen molar-refractivity contribution in [3.05, 3.63) is 47.1 Å². The lowest BCUT2D eigenvalue weighted by Crippen LogP contribution is -2.51. The van der Waals surface area contributed by atoms with Gasteiger partial charge in [0.05, 0.1) is 31.1 Å². The van der Waals surface area contributed by atoms with Crippen molar-refractivity contribution in [2.24, 2.45) is 0 Å². The maximum Gasteiger partial charge on any atom is 0.138 e. The smallest absolute Gasteiger partial charge is 0.138 e. The maximum atomic E-state index is 6.18. The van der Waals surface area contributed by atoms with Crippen LogP contribution in [0.25, 0.3) is 0 Å². The van der Waals surface area contributed by atoms with Crippen LogP contribution >= 0.6 is 0 Å². The first-order valence-corrected chi connectivity index (χ1v) is 9.00. The van der Waals surface area contributed by atoms with Gasteiger partial charge in [0.15, 0.2) is 0 Å². The molecule has 134 valence electrons. The number of pyridine rings is 1. The predicted molar refractivity (Wildman–Crippen MR) is 92.0 cm³/mol. The summed E-state index contributed by atoms with van der Waals surface area (Å²) in [5, 5.41) is 4.08. The fraction of sp³-hybridized carbons (Fsp3) is 0.579. The van der Waals surface area contributed by atoms with E-state index in [-0.39, 0.29) is 12.2 Å². The molecular formula is C19H25N3O3. The fourth-order valence-corrected chi connectivity index (χ4v) is 3.98. The number of aryl methyl sites for hydroxylation is 2. The van der Waals surface area contributed by atoms with E-state index in [4.69, 9.17) is 14.0 Å². The highest BCUT2D eigenvalue weighted by Gasteiger charge is 2.43. The Balaban J connectivity index is 1.40. The zero-order valence-corrected chi connectivity index (χ0v) is 14.9. The van der Waals surface area contributed by atoms with E-state index in [1.807, 2.05) is 26.0 Å². The van der Waals surface area contributed by atoms with Crippen LogP contribution in [0.5, 0.6) is 0 Å². The molecule has 0 unspecified atom stereocenters. The van der Waals surface area contributed by atoms with E-state index in [0.29, 0.717) is 12.6 Å². The number of rotatable bonds is 5. The van der Waals surface area contributed by atoms with Gasteiger partial charge in [-0.1, -0.05) is 5.16 Å². The summed E-state index contributed by atoms with van der Waals surface area (Å²) in [6.07, 6.45) is 6.06. The summed E-state index contributed by atoms with van der Waals surface area (Å²) >= 11 is 0. The molecule has 3 heterocycles. The van der Waals surface area contributed by atoms with Crippen molar-refractivity contribution in [3.8, 4) is 0 Å². The van der Waals surface area contributed by atoms with Gasteiger partial charge in [-0.05, 0) is 44.4 Å². The lowest BCUT2D eigenvalue weighted by Gasteiger charge is -2.39. The molecular weight excluding hydrogens is 318 g/mol. The summed E-state index contributed by atoms with van der Waals surface area (Å²) in [6.45, 7) is 7.19. The largest absolute Gasteiger partial charge is 0.373 e. The summed E-state index contributed by atoms with van der Waals surface area (Å²) in [7, 11) is 0. The van der Waals surface area contributed by atoms with Crippen LogP contribution in [-0.2, 0) is 22.6 Å². The molecule has 6 nitrogen and oxygen atoms in total. The molecule has 0 bridgehead atoms. The average molecular weight is 343 g/mol. The minimum Gasteiger partial charge on any atom is -0.373 e. The van der Waals surface area contributed by atoms with Gasteiger partial charge in [-0.15, -0.1) is 0 Å². The van der Waals surface area contributed by atoms with Crippen molar-refractivity contribution < 1.29 is 14.0 Å². The Morgan fingerprint density at radius 2 is 2.08 bits per heavy atom. The molecule has 1 saturated heterocycles. The highest BCUT2D eigenvalue weighted by molar-refractivity contribution is 5.21. The van der Waals surface area contributed by atoms with E-state index < -0.39 is 0 Å². The monoisotopic (exact) mass is 343 g/mol. The zero-order chi connectivity index (χ0) is 17.2. The number of nitrogens with zero attached hydrogens (tertiary/aromatic N) is 3. The van der Waals surface area contributed by atoms with Crippen LogP contribution in [0.4, 0.5) is 0 Å². The average Bonchev–Trinajstić information content (AvgIpc) is 3.20. The molecule has 2 fully saturated rings. The second-order valence-corrected chi connectivity index (χ2v) is 6.96. The molecule has 0 aromatic carbocycles. The third-order valence-corrected chi connectivity index (χ3v) is 5.41.